The van der Waals surface area contributed by atoms with E-state index in [1.165, 1.54) is 32.1 Å². The van der Waals surface area contributed by atoms with E-state index in [1.54, 1.807) is 0 Å². The summed E-state index contributed by atoms with van der Waals surface area (Å²) < 4.78 is 2.07. The van der Waals surface area contributed by atoms with Gasteiger partial charge >= 0.3 is 0 Å². The molecule has 1 saturated carbocycles. The predicted octanol–water partition coefficient (Wildman–Crippen LogP) is 2.48. The molecule has 1 aliphatic carbocycles. The lowest BCUT2D eigenvalue weighted by Crippen LogP contribution is -2.27. The van der Waals surface area contributed by atoms with Crippen molar-refractivity contribution in [2.45, 2.75) is 64.5 Å². The zero-order chi connectivity index (χ0) is 13.0. The molecule has 1 aliphatic rings. The van der Waals surface area contributed by atoms with Crippen LogP contribution in [-0.2, 0) is 0 Å². The van der Waals surface area contributed by atoms with Gasteiger partial charge in [-0.15, -0.1) is 5.10 Å². The van der Waals surface area contributed by atoms with Crippen LogP contribution in [0, 0.1) is 5.92 Å². The highest BCUT2D eigenvalue weighted by Gasteiger charge is 2.27. The molecule has 1 fully saturated rings. The van der Waals surface area contributed by atoms with Gasteiger partial charge in [0.15, 0.2) is 5.82 Å². The molecule has 102 valence electrons. The molecule has 1 aromatic heterocycles. The number of nitrogens with one attached hydrogen (secondary N) is 1. The van der Waals surface area contributed by atoms with Crippen LogP contribution in [0.25, 0.3) is 0 Å². The van der Waals surface area contributed by atoms with Gasteiger partial charge in [-0.1, -0.05) is 26.2 Å². The summed E-state index contributed by atoms with van der Waals surface area (Å²) in [6, 6.07) is 0.670. The molecule has 5 heteroatoms. The Bertz CT molecular complexity index is 356. The number of aromatic nitrogens is 4. The van der Waals surface area contributed by atoms with E-state index in [9.17, 15) is 0 Å². The molecule has 2 unspecified atom stereocenters. The average molecular weight is 251 g/mol. The van der Waals surface area contributed by atoms with Gasteiger partial charge in [0, 0.05) is 0 Å². The zero-order valence-electron chi connectivity index (χ0n) is 11.8. The van der Waals surface area contributed by atoms with Gasteiger partial charge in [0.1, 0.15) is 0 Å². The average Bonchev–Trinajstić information content (AvgIpc) is 2.89. The van der Waals surface area contributed by atoms with E-state index in [0.29, 0.717) is 6.04 Å². The van der Waals surface area contributed by atoms with E-state index < -0.39 is 0 Å². The second-order valence-electron chi connectivity index (χ2n) is 5.37. The van der Waals surface area contributed by atoms with Crippen molar-refractivity contribution in [1.29, 1.82) is 0 Å². The van der Waals surface area contributed by atoms with Crippen LogP contribution < -0.4 is 5.32 Å². The summed E-state index contributed by atoms with van der Waals surface area (Å²) in [7, 11) is 1.95. The number of nitrogens with zero attached hydrogens (tertiary/aromatic N) is 4. The minimum Gasteiger partial charge on any atom is -0.311 e. The van der Waals surface area contributed by atoms with E-state index >= 15 is 0 Å². The molecule has 1 N–H and O–H groups in total. The summed E-state index contributed by atoms with van der Waals surface area (Å²) >= 11 is 0. The van der Waals surface area contributed by atoms with Crippen LogP contribution in [-0.4, -0.2) is 27.3 Å². The molecule has 0 radical (unpaired) electrons. The topological polar surface area (TPSA) is 55.6 Å². The highest BCUT2D eigenvalue weighted by molar-refractivity contribution is 4.93. The lowest BCUT2D eigenvalue weighted by Gasteiger charge is -2.30. The van der Waals surface area contributed by atoms with Gasteiger partial charge in [-0.2, -0.15) is 0 Å². The van der Waals surface area contributed by atoms with E-state index in [-0.39, 0.29) is 6.04 Å². The molecule has 2 rings (SSSR count). The van der Waals surface area contributed by atoms with Crippen LogP contribution in [0.15, 0.2) is 0 Å². The van der Waals surface area contributed by atoms with Crippen LogP contribution in [0.5, 0.6) is 0 Å². The van der Waals surface area contributed by atoms with Crippen molar-refractivity contribution < 1.29 is 0 Å². The van der Waals surface area contributed by atoms with Crippen molar-refractivity contribution in [3.63, 3.8) is 0 Å². The van der Waals surface area contributed by atoms with Crippen LogP contribution in [0.3, 0.4) is 0 Å². The Labute approximate surface area is 109 Å². The van der Waals surface area contributed by atoms with Gasteiger partial charge < -0.3 is 5.32 Å². The summed E-state index contributed by atoms with van der Waals surface area (Å²) in [6.07, 6.45) is 7.87. The fourth-order valence-corrected chi connectivity index (χ4v) is 3.08. The summed E-state index contributed by atoms with van der Waals surface area (Å²) in [5, 5.41) is 15.5. The van der Waals surface area contributed by atoms with Crippen molar-refractivity contribution in [3.8, 4) is 0 Å². The first-order chi connectivity index (χ1) is 8.77. The molecule has 0 aliphatic heterocycles. The van der Waals surface area contributed by atoms with Gasteiger partial charge in [-0.3, -0.25) is 0 Å². The molecule has 1 heterocycles. The predicted molar refractivity (Wildman–Crippen MR) is 71.2 cm³/mol. The molecular weight excluding hydrogens is 226 g/mol. The molecule has 0 aromatic carbocycles. The second-order valence-corrected chi connectivity index (χ2v) is 5.37. The Kier molecular flexibility index (Phi) is 4.69. The van der Waals surface area contributed by atoms with E-state index in [1.807, 2.05) is 7.05 Å². The van der Waals surface area contributed by atoms with Crippen molar-refractivity contribution >= 4 is 0 Å². The fourth-order valence-electron chi connectivity index (χ4n) is 3.08. The summed E-state index contributed by atoms with van der Waals surface area (Å²) in [5.41, 5.74) is 0. The molecular formula is C13H25N5. The fraction of sp³-hybridized carbons (Fsp3) is 0.923. The SMILES string of the molecule is CCC(C1CCCCC1)n1nnnc1C(C)NC. The lowest BCUT2D eigenvalue weighted by atomic mass is 9.83. The number of rotatable bonds is 5. The number of hydrogen-bond acceptors (Lipinski definition) is 4. The molecule has 5 nitrogen and oxygen atoms in total. The van der Waals surface area contributed by atoms with Crippen LogP contribution in [0.1, 0.15) is 70.3 Å². The Morgan fingerprint density at radius 3 is 2.67 bits per heavy atom. The van der Waals surface area contributed by atoms with Crippen molar-refractivity contribution in [3.05, 3.63) is 5.82 Å². The minimum atomic E-state index is 0.206. The van der Waals surface area contributed by atoms with E-state index in [0.717, 1.165) is 18.2 Å². The molecule has 1 aromatic rings. The maximum atomic E-state index is 4.25. The largest absolute Gasteiger partial charge is 0.311 e. The lowest BCUT2D eigenvalue weighted by molar-refractivity contribution is 0.219. The Morgan fingerprint density at radius 1 is 1.33 bits per heavy atom. The third kappa shape index (κ3) is 2.71. The van der Waals surface area contributed by atoms with Gasteiger partial charge in [0.05, 0.1) is 12.1 Å². The summed E-state index contributed by atoms with van der Waals surface area (Å²) in [5.74, 6) is 1.71. The Hall–Kier alpha value is -0.970. The molecule has 0 spiro atoms. The molecule has 18 heavy (non-hydrogen) atoms. The van der Waals surface area contributed by atoms with Crippen LogP contribution in [0.4, 0.5) is 0 Å². The van der Waals surface area contributed by atoms with E-state index in [4.69, 9.17) is 0 Å². The van der Waals surface area contributed by atoms with Gasteiger partial charge in [-0.25, -0.2) is 4.68 Å². The standard InChI is InChI=1S/C13H25N5/c1-4-12(11-8-6-5-7-9-11)18-13(10(2)14-3)15-16-17-18/h10-12,14H,4-9H2,1-3H3. The zero-order valence-corrected chi connectivity index (χ0v) is 11.8. The molecule has 0 saturated heterocycles. The van der Waals surface area contributed by atoms with E-state index in [2.05, 4.69) is 39.4 Å². The van der Waals surface area contributed by atoms with Gasteiger partial charge in [0.25, 0.3) is 0 Å². The minimum absolute atomic E-state index is 0.206. The highest BCUT2D eigenvalue weighted by Crippen LogP contribution is 2.35. The maximum absolute atomic E-state index is 4.25. The first-order valence-corrected chi connectivity index (χ1v) is 7.23. The summed E-state index contributed by atoms with van der Waals surface area (Å²) in [6.45, 7) is 4.35. The van der Waals surface area contributed by atoms with Crippen molar-refractivity contribution in [2.24, 2.45) is 5.92 Å². The second kappa shape index (κ2) is 6.27. The smallest absolute Gasteiger partial charge is 0.168 e. The summed E-state index contributed by atoms with van der Waals surface area (Å²) in [4.78, 5) is 0. The van der Waals surface area contributed by atoms with Crippen LogP contribution >= 0.6 is 0 Å². The van der Waals surface area contributed by atoms with Gasteiger partial charge in [-0.05, 0) is 49.6 Å². The Morgan fingerprint density at radius 2 is 2.06 bits per heavy atom. The van der Waals surface area contributed by atoms with Gasteiger partial charge in [0.2, 0.25) is 0 Å². The Balaban J connectivity index is 2.18. The molecule has 0 amide bonds. The third-order valence-electron chi connectivity index (χ3n) is 4.26. The maximum Gasteiger partial charge on any atom is 0.168 e. The normalized spacial score (nSPS) is 20.8. The number of tetrazole rings is 1. The highest BCUT2D eigenvalue weighted by atomic mass is 15.6. The molecule has 0 bridgehead atoms. The quantitative estimate of drug-likeness (QED) is 0.873. The first kappa shape index (κ1) is 13.5. The van der Waals surface area contributed by atoms with Crippen molar-refractivity contribution in [1.82, 2.24) is 25.5 Å². The number of hydrogen-bond donors (Lipinski definition) is 1. The third-order valence-corrected chi connectivity index (χ3v) is 4.26. The molecule has 2 atom stereocenters. The van der Waals surface area contributed by atoms with Crippen molar-refractivity contribution in [2.75, 3.05) is 7.05 Å². The van der Waals surface area contributed by atoms with Crippen LogP contribution in [0.2, 0.25) is 0 Å². The first-order valence-electron chi connectivity index (χ1n) is 7.23. The monoisotopic (exact) mass is 251 g/mol.